The quantitative estimate of drug-likeness (QED) is 0.559. The molecule has 3 nitrogen and oxygen atoms in total. The number of hydrogen-bond acceptors (Lipinski definition) is 3. The Morgan fingerprint density at radius 1 is 1.47 bits per heavy atom. The van der Waals surface area contributed by atoms with Crippen LogP contribution in [0.15, 0.2) is 30.9 Å². The van der Waals surface area contributed by atoms with Crippen LogP contribution in [0.4, 0.5) is 0 Å². The van der Waals surface area contributed by atoms with E-state index in [-0.39, 0.29) is 5.97 Å². The molecule has 0 amide bonds. The molecule has 0 aliphatic heterocycles. The highest BCUT2D eigenvalue weighted by atomic mass is 16.5. The van der Waals surface area contributed by atoms with Crippen LogP contribution in [-0.4, -0.2) is 20.2 Å². The summed E-state index contributed by atoms with van der Waals surface area (Å²) in [5.41, 5.74) is 1.45. The molecular formula is C12H14O3. The van der Waals surface area contributed by atoms with Crippen LogP contribution in [0, 0.1) is 0 Å². The Hall–Kier alpha value is -1.77. The molecule has 0 saturated carbocycles. The zero-order valence-electron chi connectivity index (χ0n) is 8.95. The third-order valence-electron chi connectivity index (χ3n) is 2.07. The second-order valence-corrected chi connectivity index (χ2v) is 3.01. The Morgan fingerprint density at radius 3 is 2.73 bits per heavy atom. The summed E-state index contributed by atoms with van der Waals surface area (Å²) in [6.07, 6.45) is 2.42. The van der Waals surface area contributed by atoms with Crippen molar-refractivity contribution in [2.45, 2.75) is 6.42 Å². The van der Waals surface area contributed by atoms with Crippen LogP contribution in [-0.2, 0) is 11.2 Å². The fourth-order valence-electron chi connectivity index (χ4n) is 1.34. The largest absolute Gasteiger partial charge is 0.496 e. The summed E-state index contributed by atoms with van der Waals surface area (Å²) in [5.74, 6) is 0.408. The molecule has 0 spiro atoms. The van der Waals surface area contributed by atoms with Gasteiger partial charge in [-0.15, -0.1) is 6.58 Å². The Morgan fingerprint density at radius 2 is 2.20 bits per heavy atom. The molecule has 0 heterocycles. The minimum atomic E-state index is -0.344. The summed E-state index contributed by atoms with van der Waals surface area (Å²) < 4.78 is 9.80. The summed E-state index contributed by atoms with van der Waals surface area (Å²) in [6, 6.07) is 5.19. The van der Waals surface area contributed by atoms with Gasteiger partial charge in [-0.25, -0.2) is 4.79 Å². The van der Waals surface area contributed by atoms with E-state index in [0.29, 0.717) is 12.0 Å². The minimum absolute atomic E-state index is 0.344. The zero-order chi connectivity index (χ0) is 11.3. The summed E-state index contributed by atoms with van der Waals surface area (Å²) in [5, 5.41) is 0. The molecule has 3 heteroatoms. The molecule has 1 rings (SSSR count). The summed E-state index contributed by atoms with van der Waals surface area (Å²) in [6.45, 7) is 3.65. The first kappa shape index (κ1) is 11.3. The lowest BCUT2D eigenvalue weighted by atomic mass is 10.1. The molecule has 1 aromatic rings. The van der Waals surface area contributed by atoms with Crippen molar-refractivity contribution in [1.29, 1.82) is 0 Å². The number of ether oxygens (including phenoxy) is 2. The van der Waals surface area contributed by atoms with E-state index < -0.39 is 0 Å². The monoisotopic (exact) mass is 206 g/mol. The Bertz CT molecular complexity index is 369. The molecule has 0 saturated heterocycles. The van der Waals surface area contributed by atoms with Crippen LogP contribution in [0.25, 0.3) is 0 Å². The predicted molar refractivity (Wildman–Crippen MR) is 58.2 cm³/mol. The SMILES string of the molecule is C=CCc1cc(C(=O)OC)ccc1OC. The van der Waals surface area contributed by atoms with Crippen LogP contribution < -0.4 is 4.74 Å². The number of allylic oxidation sites excluding steroid dienone is 1. The molecule has 80 valence electrons. The fraction of sp³-hybridized carbons (Fsp3) is 0.250. The highest BCUT2D eigenvalue weighted by Crippen LogP contribution is 2.21. The van der Waals surface area contributed by atoms with E-state index in [9.17, 15) is 4.79 Å². The number of esters is 1. The fourth-order valence-corrected chi connectivity index (χ4v) is 1.34. The standard InChI is InChI=1S/C12H14O3/c1-4-5-9-8-10(12(13)15-3)6-7-11(9)14-2/h4,6-8H,1,5H2,2-3H3. The molecule has 0 N–H and O–H groups in total. The molecule has 0 unspecified atom stereocenters. The zero-order valence-corrected chi connectivity index (χ0v) is 8.95. The smallest absolute Gasteiger partial charge is 0.337 e. The van der Waals surface area contributed by atoms with Crippen molar-refractivity contribution < 1.29 is 14.3 Å². The minimum Gasteiger partial charge on any atom is -0.496 e. The van der Waals surface area contributed by atoms with Gasteiger partial charge in [0.05, 0.1) is 19.8 Å². The van der Waals surface area contributed by atoms with E-state index in [4.69, 9.17) is 4.74 Å². The average Bonchev–Trinajstić information content (AvgIpc) is 2.28. The lowest BCUT2D eigenvalue weighted by Gasteiger charge is -2.08. The van der Waals surface area contributed by atoms with Crippen LogP contribution in [0.1, 0.15) is 15.9 Å². The molecule has 1 aromatic carbocycles. The number of carbonyl (C=O) groups is 1. The first-order valence-electron chi connectivity index (χ1n) is 4.59. The lowest BCUT2D eigenvalue weighted by Crippen LogP contribution is -2.02. The molecule has 0 aliphatic rings. The van der Waals surface area contributed by atoms with E-state index in [1.807, 2.05) is 0 Å². The molecule has 0 fully saturated rings. The maximum absolute atomic E-state index is 11.3. The Balaban J connectivity index is 3.09. The van der Waals surface area contributed by atoms with E-state index >= 15 is 0 Å². The van der Waals surface area contributed by atoms with E-state index in [1.54, 1.807) is 31.4 Å². The first-order chi connectivity index (χ1) is 7.22. The highest BCUT2D eigenvalue weighted by molar-refractivity contribution is 5.89. The number of benzene rings is 1. The van der Waals surface area contributed by atoms with Gasteiger partial charge in [0.15, 0.2) is 0 Å². The molecule has 0 aliphatic carbocycles. The van der Waals surface area contributed by atoms with E-state index in [1.165, 1.54) is 7.11 Å². The van der Waals surface area contributed by atoms with Crippen molar-refractivity contribution >= 4 is 5.97 Å². The summed E-state index contributed by atoms with van der Waals surface area (Å²) in [7, 11) is 2.96. The normalized spacial score (nSPS) is 9.47. The van der Waals surface area contributed by atoms with Gasteiger partial charge in [0.25, 0.3) is 0 Å². The number of carbonyl (C=O) groups excluding carboxylic acids is 1. The predicted octanol–water partition coefficient (Wildman–Crippen LogP) is 2.21. The second-order valence-electron chi connectivity index (χ2n) is 3.01. The van der Waals surface area contributed by atoms with Gasteiger partial charge in [-0.3, -0.25) is 0 Å². The molecule has 0 bridgehead atoms. The Kier molecular flexibility index (Phi) is 3.92. The van der Waals surface area contributed by atoms with Crippen molar-refractivity contribution in [3.05, 3.63) is 42.0 Å². The Labute approximate surface area is 89.3 Å². The molecular weight excluding hydrogens is 192 g/mol. The number of methoxy groups -OCH3 is 2. The van der Waals surface area contributed by atoms with Crippen molar-refractivity contribution in [3.63, 3.8) is 0 Å². The molecule has 0 atom stereocenters. The topological polar surface area (TPSA) is 35.5 Å². The van der Waals surface area contributed by atoms with Gasteiger partial charge in [0.1, 0.15) is 5.75 Å². The molecule has 0 radical (unpaired) electrons. The third-order valence-corrected chi connectivity index (χ3v) is 2.07. The lowest BCUT2D eigenvalue weighted by molar-refractivity contribution is 0.0600. The van der Waals surface area contributed by atoms with Crippen molar-refractivity contribution in [2.24, 2.45) is 0 Å². The number of hydrogen-bond donors (Lipinski definition) is 0. The van der Waals surface area contributed by atoms with Gasteiger partial charge in [-0.1, -0.05) is 6.08 Å². The summed E-state index contributed by atoms with van der Waals surface area (Å²) in [4.78, 5) is 11.3. The van der Waals surface area contributed by atoms with E-state index in [2.05, 4.69) is 11.3 Å². The second kappa shape index (κ2) is 5.20. The molecule has 0 aromatic heterocycles. The third kappa shape index (κ3) is 2.59. The van der Waals surface area contributed by atoms with Crippen LogP contribution in [0.2, 0.25) is 0 Å². The van der Waals surface area contributed by atoms with Crippen molar-refractivity contribution in [3.8, 4) is 5.75 Å². The van der Waals surface area contributed by atoms with Gasteiger partial charge in [0.2, 0.25) is 0 Å². The highest BCUT2D eigenvalue weighted by Gasteiger charge is 2.08. The first-order valence-corrected chi connectivity index (χ1v) is 4.59. The van der Waals surface area contributed by atoms with Crippen LogP contribution in [0.3, 0.4) is 0 Å². The maximum atomic E-state index is 11.3. The maximum Gasteiger partial charge on any atom is 0.337 e. The number of rotatable bonds is 4. The average molecular weight is 206 g/mol. The molecule has 15 heavy (non-hydrogen) atoms. The van der Waals surface area contributed by atoms with Crippen molar-refractivity contribution in [1.82, 2.24) is 0 Å². The van der Waals surface area contributed by atoms with Gasteiger partial charge in [-0.05, 0) is 30.2 Å². The van der Waals surface area contributed by atoms with Gasteiger partial charge >= 0.3 is 5.97 Å². The van der Waals surface area contributed by atoms with Crippen molar-refractivity contribution in [2.75, 3.05) is 14.2 Å². The van der Waals surface area contributed by atoms with E-state index in [0.717, 1.165) is 11.3 Å². The van der Waals surface area contributed by atoms with Gasteiger partial charge in [-0.2, -0.15) is 0 Å². The van der Waals surface area contributed by atoms with Gasteiger partial charge < -0.3 is 9.47 Å². The summed E-state index contributed by atoms with van der Waals surface area (Å²) >= 11 is 0. The van der Waals surface area contributed by atoms with Crippen LogP contribution in [0.5, 0.6) is 5.75 Å². The van der Waals surface area contributed by atoms with Crippen LogP contribution >= 0.6 is 0 Å². The van der Waals surface area contributed by atoms with Gasteiger partial charge in [0, 0.05) is 0 Å².